The number of fused-ring (bicyclic) bond motifs is 1. The number of nitrogens with two attached hydrogens (primary N) is 1. The van der Waals surface area contributed by atoms with Gasteiger partial charge in [0.2, 0.25) is 0 Å². The highest BCUT2D eigenvalue weighted by molar-refractivity contribution is 7.99. The number of aromatic amines is 1. The number of nitrogens with zero attached hydrogens (tertiary/aromatic N) is 1. The molecule has 0 amide bonds. The highest BCUT2D eigenvalue weighted by Gasteiger charge is 2.21. The van der Waals surface area contributed by atoms with Crippen LogP contribution in [-0.2, 0) is 0 Å². The number of nitrogens with one attached hydrogen (secondary N) is 1. The number of hydrogen-bond donors (Lipinski definition) is 2. The molecule has 0 aliphatic heterocycles. The van der Waals surface area contributed by atoms with Crippen molar-refractivity contribution in [2.45, 2.75) is 42.7 Å². The lowest BCUT2D eigenvalue weighted by Gasteiger charge is -2.27. The van der Waals surface area contributed by atoms with Crippen molar-refractivity contribution in [1.29, 1.82) is 0 Å². The molecule has 0 atom stereocenters. The lowest BCUT2D eigenvalue weighted by molar-refractivity contribution is 0.144. The number of rotatable bonds is 3. The van der Waals surface area contributed by atoms with Crippen LogP contribution >= 0.6 is 24.2 Å². The van der Waals surface area contributed by atoms with Crippen LogP contribution in [0.1, 0.15) is 25.7 Å². The van der Waals surface area contributed by atoms with Crippen LogP contribution < -0.4 is 10.5 Å². The number of halogens is 1. The third kappa shape index (κ3) is 3.05. The van der Waals surface area contributed by atoms with Gasteiger partial charge in [-0.25, -0.2) is 0 Å². The van der Waals surface area contributed by atoms with Gasteiger partial charge in [-0.2, -0.15) is 5.10 Å². The Morgan fingerprint density at radius 2 is 2.05 bits per heavy atom. The summed E-state index contributed by atoms with van der Waals surface area (Å²) in [6.07, 6.45) is 8.48. The zero-order valence-electron chi connectivity index (χ0n) is 11.5. The summed E-state index contributed by atoms with van der Waals surface area (Å²) >= 11 is 1.71. The molecule has 1 aliphatic rings. The van der Waals surface area contributed by atoms with Crippen molar-refractivity contribution in [3.05, 3.63) is 18.3 Å². The molecule has 1 heterocycles. The molecule has 1 aliphatic carbocycles. The third-order valence-electron chi connectivity index (χ3n) is 3.76. The second kappa shape index (κ2) is 6.70. The Kier molecular flexibility index (Phi) is 5.18. The molecule has 0 bridgehead atoms. The fourth-order valence-corrected chi connectivity index (χ4v) is 3.36. The maximum Gasteiger partial charge on any atom is 0.134 e. The van der Waals surface area contributed by atoms with E-state index in [2.05, 4.69) is 16.5 Å². The average molecular weight is 314 g/mol. The number of hydrogen-bond acceptors (Lipinski definition) is 4. The molecule has 1 fully saturated rings. The van der Waals surface area contributed by atoms with E-state index in [1.54, 1.807) is 11.8 Å². The van der Waals surface area contributed by atoms with E-state index in [0.29, 0.717) is 12.1 Å². The number of benzene rings is 1. The van der Waals surface area contributed by atoms with E-state index in [0.717, 1.165) is 42.3 Å². The normalized spacial score (nSPS) is 22.5. The van der Waals surface area contributed by atoms with Gasteiger partial charge in [0, 0.05) is 11.4 Å². The zero-order valence-corrected chi connectivity index (χ0v) is 13.1. The van der Waals surface area contributed by atoms with E-state index in [4.69, 9.17) is 10.5 Å². The van der Waals surface area contributed by atoms with Crippen molar-refractivity contribution in [3.63, 3.8) is 0 Å². The largest absolute Gasteiger partial charge is 0.489 e. The Morgan fingerprint density at radius 3 is 2.75 bits per heavy atom. The summed E-state index contributed by atoms with van der Waals surface area (Å²) in [4.78, 5) is 1.17. The molecule has 3 N–H and O–H groups in total. The Balaban J connectivity index is 0.00000147. The summed E-state index contributed by atoms with van der Waals surface area (Å²) in [5, 5.41) is 8.23. The summed E-state index contributed by atoms with van der Waals surface area (Å²) in [7, 11) is 0. The second-order valence-corrected chi connectivity index (χ2v) is 5.90. The second-order valence-electron chi connectivity index (χ2n) is 5.08. The molecule has 0 spiro atoms. The maximum absolute atomic E-state index is 6.19. The minimum atomic E-state index is 0. The van der Waals surface area contributed by atoms with Gasteiger partial charge in [0.1, 0.15) is 5.75 Å². The van der Waals surface area contributed by atoms with Gasteiger partial charge in [-0.05, 0) is 44.1 Å². The van der Waals surface area contributed by atoms with E-state index in [-0.39, 0.29) is 12.4 Å². The zero-order chi connectivity index (χ0) is 13.2. The van der Waals surface area contributed by atoms with Crippen LogP contribution in [-0.4, -0.2) is 28.6 Å². The molecule has 1 aromatic carbocycles. The van der Waals surface area contributed by atoms with Crippen LogP contribution in [0.15, 0.2) is 23.2 Å². The van der Waals surface area contributed by atoms with Gasteiger partial charge in [-0.3, -0.25) is 5.10 Å². The highest BCUT2D eigenvalue weighted by atomic mass is 35.5. The van der Waals surface area contributed by atoms with Gasteiger partial charge in [0.25, 0.3) is 0 Å². The molecule has 110 valence electrons. The van der Waals surface area contributed by atoms with Gasteiger partial charge in [0.15, 0.2) is 0 Å². The van der Waals surface area contributed by atoms with Crippen LogP contribution in [0.3, 0.4) is 0 Å². The average Bonchev–Trinajstić information content (AvgIpc) is 2.89. The fourth-order valence-electron chi connectivity index (χ4n) is 2.66. The fraction of sp³-hybridized carbons (Fsp3) is 0.500. The Morgan fingerprint density at radius 1 is 1.30 bits per heavy atom. The number of ether oxygens (including phenoxy) is 1. The van der Waals surface area contributed by atoms with E-state index >= 15 is 0 Å². The SMILES string of the molecule is CSc1c(O[C@H]2CC[C@@H](N)CC2)ccc2[nH]ncc12.Cl. The predicted molar refractivity (Wildman–Crippen MR) is 86.0 cm³/mol. The molecule has 2 aromatic rings. The summed E-state index contributed by atoms with van der Waals surface area (Å²) in [6.45, 7) is 0. The summed E-state index contributed by atoms with van der Waals surface area (Å²) in [5.41, 5.74) is 6.99. The number of thioether (sulfide) groups is 1. The van der Waals surface area contributed by atoms with Crippen molar-refractivity contribution in [3.8, 4) is 5.75 Å². The van der Waals surface area contributed by atoms with Crippen molar-refractivity contribution < 1.29 is 4.74 Å². The van der Waals surface area contributed by atoms with Gasteiger partial charge < -0.3 is 10.5 Å². The smallest absolute Gasteiger partial charge is 0.134 e. The first-order chi connectivity index (χ1) is 9.28. The maximum atomic E-state index is 6.19. The summed E-state index contributed by atoms with van der Waals surface area (Å²) in [5.74, 6) is 0.974. The van der Waals surface area contributed by atoms with Gasteiger partial charge >= 0.3 is 0 Å². The predicted octanol–water partition coefficient (Wildman–Crippen LogP) is 3.36. The molecule has 0 radical (unpaired) electrons. The first kappa shape index (κ1) is 15.5. The third-order valence-corrected chi connectivity index (χ3v) is 4.58. The number of H-pyrrole nitrogens is 1. The highest BCUT2D eigenvalue weighted by Crippen LogP contribution is 2.36. The first-order valence-corrected chi connectivity index (χ1v) is 7.92. The first-order valence-electron chi connectivity index (χ1n) is 6.70. The van der Waals surface area contributed by atoms with Crippen LogP contribution in [0, 0.1) is 0 Å². The quantitative estimate of drug-likeness (QED) is 0.853. The lowest BCUT2D eigenvalue weighted by atomic mass is 9.94. The van der Waals surface area contributed by atoms with Crippen LogP contribution in [0.2, 0.25) is 0 Å². The monoisotopic (exact) mass is 313 g/mol. The van der Waals surface area contributed by atoms with E-state index in [9.17, 15) is 0 Å². The van der Waals surface area contributed by atoms with Gasteiger partial charge in [-0.1, -0.05) is 0 Å². The standard InChI is InChI=1S/C14H19N3OS.ClH/c1-19-14-11-8-16-17-12(11)6-7-13(14)18-10-4-2-9(15)3-5-10;/h6-10H,2-5,15H2,1H3,(H,16,17);1H/t9-,10+;. The van der Waals surface area contributed by atoms with Crippen molar-refractivity contribution in [2.24, 2.45) is 5.73 Å². The summed E-state index contributed by atoms with van der Waals surface area (Å²) < 4.78 is 6.19. The van der Waals surface area contributed by atoms with Gasteiger partial charge in [0.05, 0.1) is 22.7 Å². The van der Waals surface area contributed by atoms with Gasteiger partial charge in [-0.15, -0.1) is 24.2 Å². The molecule has 0 unspecified atom stereocenters. The molecule has 20 heavy (non-hydrogen) atoms. The van der Waals surface area contributed by atoms with Crippen LogP contribution in [0.4, 0.5) is 0 Å². The van der Waals surface area contributed by atoms with E-state index < -0.39 is 0 Å². The molecule has 6 heteroatoms. The lowest BCUT2D eigenvalue weighted by Crippen LogP contribution is -2.31. The van der Waals surface area contributed by atoms with E-state index in [1.165, 1.54) is 4.90 Å². The molecule has 1 saturated carbocycles. The Labute approximate surface area is 129 Å². The summed E-state index contributed by atoms with van der Waals surface area (Å²) in [6, 6.07) is 4.43. The molecule has 1 aromatic heterocycles. The molecule has 3 rings (SSSR count). The van der Waals surface area contributed by atoms with Crippen LogP contribution in [0.5, 0.6) is 5.75 Å². The van der Waals surface area contributed by atoms with Crippen LogP contribution in [0.25, 0.3) is 10.9 Å². The van der Waals surface area contributed by atoms with Crippen molar-refractivity contribution >= 4 is 35.1 Å². The molecule has 4 nitrogen and oxygen atoms in total. The molecular weight excluding hydrogens is 294 g/mol. The minimum Gasteiger partial charge on any atom is -0.489 e. The molecule has 0 saturated heterocycles. The minimum absolute atomic E-state index is 0. The number of aromatic nitrogens is 2. The Hall–Kier alpha value is -0.910. The molecular formula is C14H20ClN3OS. The topological polar surface area (TPSA) is 63.9 Å². The van der Waals surface area contributed by atoms with Crippen molar-refractivity contribution in [2.75, 3.05) is 6.26 Å². The van der Waals surface area contributed by atoms with E-state index in [1.807, 2.05) is 18.3 Å². The Bertz CT molecular complexity index is 567. The van der Waals surface area contributed by atoms with Crippen molar-refractivity contribution in [1.82, 2.24) is 10.2 Å².